The van der Waals surface area contributed by atoms with Crippen molar-refractivity contribution < 1.29 is 24.5 Å². The predicted molar refractivity (Wildman–Crippen MR) is 117 cm³/mol. The molecule has 2 aromatic rings. The number of β-lactam (4-membered cyclic amide) rings is 1. The monoisotopic (exact) mass is 461 g/mol. The summed E-state index contributed by atoms with van der Waals surface area (Å²) >= 11 is 7.37. The highest BCUT2D eigenvalue weighted by Crippen LogP contribution is 2.42. The fraction of sp³-hybridized carbons (Fsp3) is 0.286. The van der Waals surface area contributed by atoms with Gasteiger partial charge in [-0.25, -0.2) is 9.36 Å². The van der Waals surface area contributed by atoms with Gasteiger partial charge in [0.05, 0.1) is 5.04 Å². The van der Waals surface area contributed by atoms with Crippen LogP contribution < -0.4 is 0 Å². The topological polar surface area (TPSA) is 104 Å². The van der Waals surface area contributed by atoms with Crippen LogP contribution in [0.5, 0.6) is 11.8 Å². The number of benzene rings is 1. The standard InChI is InChI=1S/C21H20ClN3O5S/c1-12(10-22)18(21(29)30-11-24-15(26)7-8-16(24)27)25-19(28)17-20(25)31-14(23-17)9-13-5-3-2-4-6-13/h2-8,17-18,20,26-27H,1,9-11H2. The van der Waals surface area contributed by atoms with Gasteiger partial charge in [0.15, 0.2) is 30.6 Å². The lowest BCUT2D eigenvalue weighted by Crippen LogP contribution is -2.66. The molecule has 0 saturated carbocycles. The third-order valence-electron chi connectivity index (χ3n) is 5.12. The van der Waals surface area contributed by atoms with Crippen molar-refractivity contribution in [2.75, 3.05) is 5.88 Å². The third kappa shape index (κ3) is 4.03. The molecule has 2 aliphatic rings. The molecular weight excluding hydrogens is 442 g/mol. The summed E-state index contributed by atoms with van der Waals surface area (Å²) in [5.41, 5.74) is 1.40. The van der Waals surface area contributed by atoms with E-state index in [1.54, 1.807) is 0 Å². The molecule has 162 valence electrons. The van der Waals surface area contributed by atoms with E-state index in [9.17, 15) is 19.8 Å². The van der Waals surface area contributed by atoms with Crippen LogP contribution in [0.15, 0.2) is 59.6 Å². The van der Waals surface area contributed by atoms with Gasteiger partial charge in [0, 0.05) is 24.4 Å². The first-order chi connectivity index (χ1) is 14.9. The fourth-order valence-corrected chi connectivity index (χ4v) is 5.00. The number of esters is 1. The number of hydrogen-bond donors (Lipinski definition) is 2. The molecule has 31 heavy (non-hydrogen) atoms. The van der Waals surface area contributed by atoms with E-state index in [-0.39, 0.29) is 28.9 Å². The van der Waals surface area contributed by atoms with Crippen LogP contribution in [0.2, 0.25) is 0 Å². The van der Waals surface area contributed by atoms with Crippen LogP contribution in [0.1, 0.15) is 5.56 Å². The number of likely N-dealkylation sites (tertiary alicyclic amines) is 1. The van der Waals surface area contributed by atoms with Crippen molar-refractivity contribution >= 4 is 40.3 Å². The molecule has 0 spiro atoms. The predicted octanol–water partition coefficient (Wildman–Crippen LogP) is 2.49. The maximum absolute atomic E-state index is 12.8. The number of ether oxygens (including phenoxy) is 1. The number of aliphatic imine (C=N–C) groups is 1. The number of alkyl halides is 1. The molecule has 1 amide bonds. The van der Waals surface area contributed by atoms with Crippen molar-refractivity contribution in [2.24, 2.45) is 4.99 Å². The Morgan fingerprint density at radius 1 is 1.23 bits per heavy atom. The van der Waals surface area contributed by atoms with Crippen LogP contribution in [0.4, 0.5) is 0 Å². The zero-order chi connectivity index (χ0) is 22.1. The second-order valence-electron chi connectivity index (χ2n) is 7.15. The van der Waals surface area contributed by atoms with Gasteiger partial charge in [-0.2, -0.15) is 0 Å². The zero-order valence-corrected chi connectivity index (χ0v) is 17.9. The number of carbonyl (C=O) groups is 2. The van der Waals surface area contributed by atoms with Crippen molar-refractivity contribution in [1.82, 2.24) is 9.47 Å². The van der Waals surface area contributed by atoms with Crippen molar-refractivity contribution in [3.63, 3.8) is 0 Å². The number of carbonyl (C=O) groups excluding carboxylic acids is 2. The Morgan fingerprint density at radius 3 is 2.55 bits per heavy atom. The summed E-state index contributed by atoms with van der Waals surface area (Å²) in [5, 5.41) is 19.9. The highest BCUT2D eigenvalue weighted by molar-refractivity contribution is 8.14. The summed E-state index contributed by atoms with van der Waals surface area (Å²) < 4.78 is 6.26. The Labute approximate surface area is 187 Å². The van der Waals surface area contributed by atoms with Gasteiger partial charge in [-0.3, -0.25) is 9.79 Å². The van der Waals surface area contributed by atoms with Crippen molar-refractivity contribution in [2.45, 2.75) is 30.6 Å². The van der Waals surface area contributed by atoms with Crippen LogP contribution in [0, 0.1) is 0 Å². The molecule has 2 N–H and O–H groups in total. The average Bonchev–Trinajstić information content (AvgIpc) is 3.30. The maximum atomic E-state index is 12.8. The van der Waals surface area contributed by atoms with Gasteiger partial charge in [-0.1, -0.05) is 48.7 Å². The summed E-state index contributed by atoms with van der Waals surface area (Å²) in [6.07, 6.45) is 0.609. The highest BCUT2D eigenvalue weighted by Gasteiger charge is 2.56. The van der Waals surface area contributed by atoms with Crippen LogP contribution >= 0.6 is 23.4 Å². The van der Waals surface area contributed by atoms with Gasteiger partial charge in [-0.15, -0.1) is 11.6 Å². The van der Waals surface area contributed by atoms with Crippen LogP contribution in [0.25, 0.3) is 0 Å². The fourth-order valence-electron chi connectivity index (χ4n) is 3.50. The van der Waals surface area contributed by atoms with Crippen LogP contribution in [0.3, 0.4) is 0 Å². The molecule has 1 fully saturated rings. The van der Waals surface area contributed by atoms with Crippen molar-refractivity contribution in [3.8, 4) is 11.8 Å². The van der Waals surface area contributed by atoms with E-state index in [1.807, 2.05) is 30.3 Å². The van der Waals surface area contributed by atoms with Gasteiger partial charge < -0.3 is 19.8 Å². The van der Waals surface area contributed by atoms with Gasteiger partial charge in [0.25, 0.3) is 5.91 Å². The Balaban J connectivity index is 1.46. The lowest BCUT2D eigenvalue weighted by molar-refractivity contribution is -0.163. The molecule has 1 aromatic carbocycles. The molecular formula is C21H20ClN3O5S. The van der Waals surface area contributed by atoms with Gasteiger partial charge in [0.1, 0.15) is 5.37 Å². The summed E-state index contributed by atoms with van der Waals surface area (Å²) in [6, 6.07) is 10.7. The smallest absolute Gasteiger partial charge is 0.335 e. The van der Waals surface area contributed by atoms with E-state index in [0.717, 1.165) is 15.2 Å². The normalized spacial score (nSPS) is 20.6. The Hall–Kier alpha value is -2.91. The Bertz CT molecular complexity index is 1040. The number of nitrogens with zero attached hydrogens (tertiary/aromatic N) is 3. The number of thioether (sulfide) groups is 1. The number of aromatic nitrogens is 1. The highest BCUT2D eigenvalue weighted by atomic mass is 35.5. The SMILES string of the molecule is C=C(CCl)C(C(=O)OCn1c(O)ccc1O)N1C(=O)C2N=C(Cc3ccccc3)SC21. The number of aromatic hydroxyl groups is 2. The Morgan fingerprint density at radius 2 is 1.90 bits per heavy atom. The quantitative estimate of drug-likeness (QED) is 0.271. The molecule has 2 aliphatic heterocycles. The molecule has 4 rings (SSSR count). The minimum atomic E-state index is -1.08. The number of halogens is 1. The number of hydrogen-bond acceptors (Lipinski definition) is 7. The lowest BCUT2D eigenvalue weighted by atomic mass is 10.00. The summed E-state index contributed by atoms with van der Waals surface area (Å²) in [5.74, 6) is -1.60. The average molecular weight is 462 g/mol. The van der Waals surface area contributed by atoms with Crippen molar-refractivity contribution in [1.29, 1.82) is 0 Å². The molecule has 0 bridgehead atoms. The van der Waals surface area contributed by atoms with E-state index >= 15 is 0 Å². The minimum absolute atomic E-state index is 0.0383. The summed E-state index contributed by atoms with van der Waals surface area (Å²) in [7, 11) is 0. The molecule has 10 heteroatoms. The molecule has 0 aliphatic carbocycles. The largest absolute Gasteiger partial charge is 0.494 e. The van der Waals surface area contributed by atoms with Gasteiger partial charge in [-0.05, 0) is 11.1 Å². The molecule has 8 nitrogen and oxygen atoms in total. The van der Waals surface area contributed by atoms with E-state index < -0.39 is 24.8 Å². The lowest BCUT2D eigenvalue weighted by Gasteiger charge is -2.45. The zero-order valence-electron chi connectivity index (χ0n) is 16.3. The van der Waals surface area contributed by atoms with Crippen LogP contribution in [-0.4, -0.2) is 59.9 Å². The van der Waals surface area contributed by atoms with Gasteiger partial charge in [0.2, 0.25) is 0 Å². The van der Waals surface area contributed by atoms with Crippen molar-refractivity contribution in [3.05, 3.63) is 60.2 Å². The summed E-state index contributed by atoms with van der Waals surface area (Å²) in [4.78, 5) is 31.5. The first-order valence-corrected chi connectivity index (χ1v) is 10.9. The Kier molecular flexibility index (Phi) is 5.97. The van der Waals surface area contributed by atoms with E-state index in [4.69, 9.17) is 16.3 Å². The molecule has 1 saturated heterocycles. The van der Waals surface area contributed by atoms with E-state index in [2.05, 4.69) is 11.6 Å². The maximum Gasteiger partial charge on any atom is 0.335 e. The summed E-state index contributed by atoms with van der Waals surface area (Å²) in [6.45, 7) is 3.41. The number of rotatable bonds is 8. The molecule has 3 atom stereocenters. The number of fused-ring (bicyclic) bond motifs is 1. The van der Waals surface area contributed by atoms with E-state index in [1.165, 1.54) is 28.8 Å². The second kappa shape index (κ2) is 8.68. The molecule has 0 radical (unpaired) electrons. The molecule has 3 unspecified atom stereocenters. The van der Waals surface area contributed by atoms with E-state index in [0.29, 0.717) is 12.0 Å². The molecule has 1 aromatic heterocycles. The third-order valence-corrected chi connectivity index (χ3v) is 6.71. The first kappa shape index (κ1) is 21.3. The minimum Gasteiger partial charge on any atom is -0.494 e. The van der Waals surface area contributed by atoms with Crippen LogP contribution in [-0.2, 0) is 27.5 Å². The first-order valence-electron chi connectivity index (χ1n) is 9.48. The number of amides is 1. The van der Waals surface area contributed by atoms with Gasteiger partial charge >= 0.3 is 5.97 Å². The second-order valence-corrected chi connectivity index (χ2v) is 8.61. The molecule has 3 heterocycles.